The molecular formula is C43H45N6O5P. The van der Waals surface area contributed by atoms with Crippen molar-refractivity contribution in [3.05, 3.63) is 137 Å². The number of carbonyl (C=O) groups is 1. The molecule has 0 saturated carbocycles. The van der Waals surface area contributed by atoms with Crippen LogP contribution in [-0.4, -0.2) is 57.6 Å². The van der Waals surface area contributed by atoms with Crippen LogP contribution in [0.5, 0.6) is 0 Å². The second-order valence-electron chi connectivity index (χ2n) is 14.0. The van der Waals surface area contributed by atoms with E-state index in [4.69, 9.17) is 13.8 Å². The number of anilines is 2. The van der Waals surface area contributed by atoms with Crippen LogP contribution in [0.4, 0.5) is 11.5 Å². The second-order valence-corrected chi connectivity index (χ2v) is 15.5. The van der Waals surface area contributed by atoms with Crippen molar-refractivity contribution in [3.63, 3.8) is 0 Å². The molecule has 1 fully saturated rings. The van der Waals surface area contributed by atoms with Gasteiger partial charge in [-0.1, -0.05) is 84.9 Å². The predicted molar refractivity (Wildman–Crippen MR) is 215 cm³/mol. The van der Waals surface area contributed by atoms with Gasteiger partial charge in [0.1, 0.15) is 18.1 Å². The number of fused-ring (bicyclic) bond motifs is 7. The van der Waals surface area contributed by atoms with Gasteiger partial charge in [-0.15, -0.1) is 0 Å². The summed E-state index contributed by atoms with van der Waals surface area (Å²) in [5, 5.41) is 15.8. The maximum atomic E-state index is 13.5. The number of carbonyl (C=O) groups excluding carboxylic acids is 1. The minimum atomic E-state index is -1.60. The van der Waals surface area contributed by atoms with Gasteiger partial charge in [0.05, 0.1) is 31.7 Å². The number of amides is 1. The summed E-state index contributed by atoms with van der Waals surface area (Å²) < 4.78 is 23.5. The molecule has 2 bridgehead atoms. The van der Waals surface area contributed by atoms with E-state index in [-0.39, 0.29) is 49.5 Å². The fourth-order valence-corrected chi connectivity index (χ4v) is 8.98. The predicted octanol–water partition coefficient (Wildman–Crippen LogP) is 8.43. The Bertz CT molecular complexity index is 2210. The van der Waals surface area contributed by atoms with E-state index in [1.54, 1.807) is 36.5 Å². The largest absolute Gasteiger partial charge is 0.379 e. The van der Waals surface area contributed by atoms with Crippen LogP contribution < -0.4 is 16.3 Å². The van der Waals surface area contributed by atoms with Gasteiger partial charge < -0.3 is 24.4 Å². The Morgan fingerprint density at radius 3 is 2.51 bits per heavy atom. The van der Waals surface area contributed by atoms with Crippen LogP contribution in [0.25, 0.3) is 22.3 Å². The fourth-order valence-electron chi connectivity index (χ4n) is 7.34. The average Bonchev–Trinajstić information content (AvgIpc) is 3.58. The number of rotatable bonds is 7. The molecular weight excluding hydrogens is 711 g/mol. The second kappa shape index (κ2) is 17.5. The molecule has 12 heteroatoms. The number of aromatic nitrogens is 2. The van der Waals surface area contributed by atoms with Crippen molar-refractivity contribution in [1.82, 2.24) is 14.2 Å². The van der Waals surface area contributed by atoms with E-state index in [9.17, 15) is 14.9 Å². The lowest BCUT2D eigenvalue weighted by molar-refractivity contribution is -0.0240. The topological polar surface area (TPSA) is 131 Å². The van der Waals surface area contributed by atoms with E-state index in [1.165, 1.54) is 10.1 Å². The van der Waals surface area contributed by atoms with Crippen molar-refractivity contribution >= 4 is 25.9 Å². The zero-order chi connectivity index (χ0) is 38.3. The molecule has 1 amide bonds. The zero-order valence-corrected chi connectivity index (χ0v) is 32.1. The summed E-state index contributed by atoms with van der Waals surface area (Å²) in [6.45, 7) is 6.85. The summed E-state index contributed by atoms with van der Waals surface area (Å²) in [5.74, 6) is -0.203. The molecule has 1 saturated heterocycles. The summed E-state index contributed by atoms with van der Waals surface area (Å²) in [7, 11) is -1.60. The molecule has 2 N–H and O–H groups in total. The molecule has 2 aliphatic rings. The number of nitrogens with one attached hydrogen (secondary N) is 2. The van der Waals surface area contributed by atoms with E-state index < -0.39 is 26.5 Å². The quantitative estimate of drug-likeness (QED) is 0.124. The van der Waals surface area contributed by atoms with E-state index >= 15 is 0 Å². The number of nitrogens with zero attached hydrogens (tertiary/aromatic N) is 4. The van der Waals surface area contributed by atoms with Crippen molar-refractivity contribution < 1.29 is 18.6 Å². The maximum absolute atomic E-state index is 13.5. The highest BCUT2D eigenvalue weighted by Gasteiger charge is 2.39. The first-order chi connectivity index (χ1) is 26.8. The molecule has 5 atom stereocenters. The van der Waals surface area contributed by atoms with Gasteiger partial charge in [-0.3, -0.25) is 9.36 Å². The Labute approximate surface area is 322 Å². The first-order valence-corrected chi connectivity index (χ1v) is 19.8. The third kappa shape index (κ3) is 8.86. The lowest BCUT2D eigenvalue weighted by atomic mass is 9.92. The van der Waals surface area contributed by atoms with Crippen molar-refractivity contribution in [2.45, 2.75) is 70.5 Å². The van der Waals surface area contributed by atoms with E-state index in [1.807, 2.05) is 18.2 Å². The molecule has 0 radical (unpaired) electrons. The van der Waals surface area contributed by atoms with Crippen molar-refractivity contribution in [3.8, 4) is 28.3 Å². The standard InChI is InChI=1S/C43H45N6O5P/c1-29(2)49-30(3)25-31-13-11-16-33(26-31)34-17-7-8-18-35(34)36-19-9-10-20-37(36)45-38-27-41(54-39(38)28-53-55(49)52-24-12-22-44)48-23-21-40(47-43(48)51)46-42(50)32-14-5-4-6-15-32/h4-11,13-21,23,26,29-30,38-39,41,45H,12,24-25,27-28H2,1-3H3,(H,46,47,50,51)/t30?,38?,39?,41-,55?/m1/s1. The lowest BCUT2D eigenvalue weighted by Gasteiger charge is -2.38. The molecule has 3 heterocycles. The smallest absolute Gasteiger partial charge is 0.351 e. The molecule has 4 unspecified atom stereocenters. The fraction of sp³-hybridized carbons (Fsp3) is 0.302. The molecule has 282 valence electrons. The first kappa shape index (κ1) is 38.1. The third-order valence-electron chi connectivity index (χ3n) is 9.84. The maximum Gasteiger partial charge on any atom is 0.351 e. The van der Waals surface area contributed by atoms with E-state index in [0.29, 0.717) is 12.0 Å². The number of hydrogen-bond donors (Lipinski definition) is 2. The van der Waals surface area contributed by atoms with Gasteiger partial charge in [0.2, 0.25) is 0 Å². The monoisotopic (exact) mass is 756 g/mol. The lowest BCUT2D eigenvalue weighted by Crippen LogP contribution is -2.38. The molecule has 0 spiro atoms. The third-order valence-corrected chi connectivity index (χ3v) is 11.8. The first-order valence-electron chi connectivity index (χ1n) is 18.7. The number of benzene rings is 4. The molecule has 4 aromatic carbocycles. The molecule has 1 aromatic heterocycles. The Balaban J connectivity index is 1.25. The number of nitriles is 1. The number of ether oxygens (including phenoxy) is 1. The van der Waals surface area contributed by atoms with Gasteiger partial charge in [-0.25, -0.2) is 9.46 Å². The average molecular weight is 757 g/mol. The van der Waals surface area contributed by atoms with Gasteiger partial charge in [0.25, 0.3) is 14.4 Å². The Kier molecular flexibility index (Phi) is 12.1. The summed E-state index contributed by atoms with van der Waals surface area (Å²) >= 11 is 0. The number of para-hydroxylation sites is 1. The van der Waals surface area contributed by atoms with Crippen LogP contribution >= 0.6 is 8.53 Å². The SMILES string of the molecule is CC(C)N1C(C)Cc2cccc(c2)-c2ccccc2-c2ccccc2NC2C[C@H](n3ccc(NC(=O)c4ccccc4)nc3=O)OC2COP1OCCC#N. The summed E-state index contributed by atoms with van der Waals surface area (Å²) in [4.78, 5) is 30.5. The summed E-state index contributed by atoms with van der Waals surface area (Å²) in [5.41, 5.74) is 6.42. The minimum Gasteiger partial charge on any atom is -0.379 e. The van der Waals surface area contributed by atoms with Crippen molar-refractivity contribution in [2.75, 3.05) is 23.8 Å². The normalized spacial score (nSPS) is 21.4. The van der Waals surface area contributed by atoms with Crippen LogP contribution in [0.1, 0.15) is 55.8 Å². The Hall–Kier alpha value is -5.21. The van der Waals surface area contributed by atoms with Crippen LogP contribution in [0.15, 0.2) is 120 Å². The van der Waals surface area contributed by atoms with Crippen molar-refractivity contribution in [2.24, 2.45) is 0 Å². The zero-order valence-electron chi connectivity index (χ0n) is 31.2. The van der Waals surface area contributed by atoms with Crippen LogP contribution in [0, 0.1) is 11.3 Å². The molecule has 5 aromatic rings. The van der Waals surface area contributed by atoms with Crippen LogP contribution in [0.2, 0.25) is 0 Å². The van der Waals surface area contributed by atoms with Gasteiger partial charge in [-0.05, 0) is 73.7 Å². The van der Waals surface area contributed by atoms with Crippen LogP contribution in [-0.2, 0) is 20.2 Å². The molecule has 11 nitrogen and oxygen atoms in total. The highest BCUT2D eigenvalue weighted by Crippen LogP contribution is 2.48. The van der Waals surface area contributed by atoms with Crippen LogP contribution in [0.3, 0.4) is 0 Å². The highest BCUT2D eigenvalue weighted by atomic mass is 31.2. The van der Waals surface area contributed by atoms with Gasteiger partial charge in [0.15, 0.2) is 0 Å². The van der Waals surface area contributed by atoms with Crippen molar-refractivity contribution in [1.29, 1.82) is 5.26 Å². The summed E-state index contributed by atoms with van der Waals surface area (Å²) in [6, 6.07) is 37.8. The molecule has 2 aliphatic heterocycles. The van der Waals surface area contributed by atoms with E-state index in [0.717, 1.165) is 34.4 Å². The highest BCUT2D eigenvalue weighted by molar-refractivity contribution is 7.44. The van der Waals surface area contributed by atoms with E-state index in [2.05, 4.69) is 108 Å². The molecule has 7 rings (SSSR count). The Morgan fingerprint density at radius 1 is 1.00 bits per heavy atom. The van der Waals surface area contributed by atoms with Gasteiger partial charge in [-0.2, -0.15) is 10.2 Å². The molecule has 55 heavy (non-hydrogen) atoms. The minimum absolute atomic E-state index is 0.0454. The Morgan fingerprint density at radius 2 is 1.75 bits per heavy atom. The van der Waals surface area contributed by atoms with Gasteiger partial charge in [0, 0.05) is 41.5 Å². The van der Waals surface area contributed by atoms with Gasteiger partial charge >= 0.3 is 5.69 Å². The molecule has 0 aliphatic carbocycles. The number of hydrogen-bond acceptors (Lipinski definition) is 9. The summed E-state index contributed by atoms with van der Waals surface area (Å²) in [6.07, 6.45) is 1.88.